The summed E-state index contributed by atoms with van der Waals surface area (Å²) in [6.07, 6.45) is 7.47. The van der Waals surface area contributed by atoms with Gasteiger partial charge in [-0.25, -0.2) is 0 Å². The summed E-state index contributed by atoms with van der Waals surface area (Å²) in [6.45, 7) is 0.545. The lowest BCUT2D eigenvalue weighted by Gasteiger charge is -2.55. The van der Waals surface area contributed by atoms with Crippen LogP contribution in [0.25, 0.3) is 0 Å². The van der Waals surface area contributed by atoms with Crippen LogP contribution in [0.4, 0.5) is 5.69 Å². The molecule has 0 aliphatic heterocycles. The second kappa shape index (κ2) is 5.86. The van der Waals surface area contributed by atoms with Crippen molar-refractivity contribution in [3.8, 4) is 0 Å². The Balaban J connectivity index is 0.00000144. The number of carbonyl (C=O) groups is 1. The van der Waals surface area contributed by atoms with E-state index in [0.717, 1.165) is 48.3 Å². The van der Waals surface area contributed by atoms with Crippen molar-refractivity contribution < 1.29 is 4.79 Å². The van der Waals surface area contributed by atoms with Gasteiger partial charge < -0.3 is 11.1 Å². The van der Waals surface area contributed by atoms with Gasteiger partial charge >= 0.3 is 0 Å². The molecule has 4 saturated carbocycles. The van der Waals surface area contributed by atoms with Crippen molar-refractivity contribution in [1.82, 2.24) is 0 Å². The normalized spacial score (nSPS) is 35.0. The third-order valence-electron chi connectivity index (χ3n) is 5.97. The van der Waals surface area contributed by atoms with Crippen molar-refractivity contribution in [1.29, 1.82) is 0 Å². The Kier molecular flexibility index (Phi) is 4.21. The van der Waals surface area contributed by atoms with Gasteiger partial charge in [-0.2, -0.15) is 0 Å². The maximum absolute atomic E-state index is 12.9. The summed E-state index contributed by atoms with van der Waals surface area (Å²) in [5.41, 5.74) is 7.56. The molecular weight excluding hydrogens is 296 g/mol. The molecule has 5 rings (SSSR count). The van der Waals surface area contributed by atoms with Gasteiger partial charge in [0, 0.05) is 12.2 Å². The topological polar surface area (TPSA) is 55.1 Å². The Morgan fingerprint density at radius 1 is 1.05 bits per heavy atom. The van der Waals surface area contributed by atoms with Crippen LogP contribution in [0.15, 0.2) is 24.3 Å². The first-order valence-electron chi connectivity index (χ1n) is 8.27. The van der Waals surface area contributed by atoms with Gasteiger partial charge in [-0.1, -0.05) is 12.1 Å². The van der Waals surface area contributed by atoms with E-state index in [-0.39, 0.29) is 23.7 Å². The summed E-state index contributed by atoms with van der Waals surface area (Å²) in [6, 6.07) is 7.94. The lowest BCUT2D eigenvalue weighted by molar-refractivity contribution is -0.140. The zero-order valence-electron chi connectivity index (χ0n) is 12.9. The van der Waals surface area contributed by atoms with Crippen LogP contribution in [0.1, 0.15) is 44.1 Å². The molecule has 4 heteroatoms. The molecule has 0 atom stereocenters. The highest BCUT2D eigenvalue weighted by molar-refractivity contribution is 5.95. The molecule has 3 N–H and O–H groups in total. The number of hydrogen-bond acceptors (Lipinski definition) is 2. The molecular formula is C18H25ClN2O. The first-order chi connectivity index (χ1) is 10.2. The first-order valence-corrected chi connectivity index (χ1v) is 8.27. The number of anilines is 1. The van der Waals surface area contributed by atoms with Crippen LogP contribution in [0.5, 0.6) is 0 Å². The predicted octanol–water partition coefficient (Wildman–Crippen LogP) is 3.72. The van der Waals surface area contributed by atoms with Crippen LogP contribution in [-0.4, -0.2) is 5.91 Å². The number of rotatable bonds is 3. The van der Waals surface area contributed by atoms with Crippen LogP contribution in [0, 0.1) is 23.2 Å². The minimum atomic E-state index is -0.0682. The summed E-state index contributed by atoms with van der Waals surface area (Å²) in [5, 5.41) is 3.17. The highest BCUT2D eigenvalue weighted by Crippen LogP contribution is 2.60. The van der Waals surface area contributed by atoms with Crippen molar-refractivity contribution in [3.63, 3.8) is 0 Å². The molecule has 120 valence electrons. The molecule has 22 heavy (non-hydrogen) atoms. The highest BCUT2D eigenvalue weighted by atomic mass is 35.5. The maximum Gasteiger partial charge on any atom is 0.230 e. The van der Waals surface area contributed by atoms with E-state index < -0.39 is 0 Å². The van der Waals surface area contributed by atoms with Crippen LogP contribution in [0.2, 0.25) is 0 Å². The van der Waals surface area contributed by atoms with Gasteiger partial charge in [0.25, 0.3) is 0 Å². The van der Waals surface area contributed by atoms with Gasteiger partial charge in [0.05, 0.1) is 5.41 Å². The van der Waals surface area contributed by atoms with E-state index >= 15 is 0 Å². The Bertz CT molecular complexity index is 519. The molecule has 0 spiro atoms. The van der Waals surface area contributed by atoms with Gasteiger partial charge in [-0.15, -0.1) is 12.4 Å². The quantitative estimate of drug-likeness (QED) is 0.891. The van der Waals surface area contributed by atoms with Gasteiger partial charge in [0.1, 0.15) is 0 Å². The Morgan fingerprint density at radius 3 is 2.00 bits per heavy atom. The third-order valence-corrected chi connectivity index (χ3v) is 5.97. The molecule has 4 bridgehead atoms. The number of halogens is 1. The second-order valence-electron chi connectivity index (χ2n) is 7.55. The third kappa shape index (κ3) is 2.65. The molecule has 4 aliphatic carbocycles. The smallest absolute Gasteiger partial charge is 0.230 e. The molecule has 1 amide bonds. The van der Waals surface area contributed by atoms with Crippen LogP contribution in [-0.2, 0) is 11.3 Å². The maximum atomic E-state index is 12.9. The number of amides is 1. The zero-order chi connectivity index (χ0) is 14.4. The van der Waals surface area contributed by atoms with Crippen molar-refractivity contribution in [2.24, 2.45) is 28.9 Å². The monoisotopic (exact) mass is 320 g/mol. The lowest BCUT2D eigenvalue weighted by Crippen LogP contribution is -2.51. The summed E-state index contributed by atoms with van der Waals surface area (Å²) < 4.78 is 0. The molecule has 0 aromatic heterocycles. The van der Waals surface area contributed by atoms with Gasteiger partial charge in [0.2, 0.25) is 5.91 Å². The largest absolute Gasteiger partial charge is 0.326 e. The first kappa shape index (κ1) is 15.8. The predicted molar refractivity (Wildman–Crippen MR) is 90.8 cm³/mol. The van der Waals surface area contributed by atoms with Crippen molar-refractivity contribution in [2.45, 2.75) is 45.1 Å². The molecule has 0 radical (unpaired) electrons. The van der Waals surface area contributed by atoms with Crippen LogP contribution < -0.4 is 11.1 Å². The summed E-state index contributed by atoms with van der Waals surface area (Å²) in [5.74, 6) is 2.69. The number of carbonyl (C=O) groups excluding carboxylic acids is 1. The van der Waals surface area contributed by atoms with E-state index in [9.17, 15) is 4.79 Å². The fourth-order valence-electron chi connectivity index (χ4n) is 5.38. The summed E-state index contributed by atoms with van der Waals surface area (Å²) in [4.78, 5) is 12.9. The molecule has 4 aliphatic rings. The van der Waals surface area contributed by atoms with Crippen LogP contribution >= 0.6 is 12.4 Å². The number of benzene rings is 1. The standard InChI is InChI=1S/C18H24N2O.ClH/c19-11-12-1-3-16(4-2-12)20-17(21)18-8-13-5-14(9-18)7-15(6-13)10-18;/h1-4,13-15H,5-11,19H2,(H,20,21);1H. The zero-order valence-corrected chi connectivity index (χ0v) is 13.7. The molecule has 0 saturated heterocycles. The van der Waals surface area contributed by atoms with E-state index in [0.29, 0.717) is 6.54 Å². The molecule has 0 heterocycles. The van der Waals surface area contributed by atoms with E-state index in [2.05, 4.69) is 5.32 Å². The molecule has 1 aromatic carbocycles. The number of hydrogen-bond donors (Lipinski definition) is 2. The Hall–Kier alpha value is -1.06. The van der Waals surface area contributed by atoms with Crippen molar-refractivity contribution in [2.75, 3.05) is 5.32 Å². The van der Waals surface area contributed by atoms with E-state index in [1.807, 2.05) is 24.3 Å². The minimum Gasteiger partial charge on any atom is -0.326 e. The van der Waals surface area contributed by atoms with E-state index in [1.165, 1.54) is 19.3 Å². The van der Waals surface area contributed by atoms with Gasteiger partial charge in [-0.05, 0) is 74.0 Å². The van der Waals surface area contributed by atoms with Gasteiger partial charge in [0.15, 0.2) is 0 Å². The summed E-state index contributed by atoms with van der Waals surface area (Å²) >= 11 is 0. The molecule has 0 unspecified atom stereocenters. The lowest BCUT2D eigenvalue weighted by atomic mass is 9.49. The van der Waals surface area contributed by atoms with E-state index in [4.69, 9.17) is 5.73 Å². The molecule has 4 fully saturated rings. The summed E-state index contributed by atoms with van der Waals surface area (Å²) in [7, 11) is 0. The fraction of sp³-hybridized carbons (Fsp3) is 0.611. The van der Waals surface area contributed by atoms with Crippen molar-refractivity contribution >= 4 is 24.0 Å². The van der Waals surface area contributed by atoms with E-state index in [1.54, 1.807) is 0 Å². The molecule has 1 aromatic rings. The highest BCUT2D eigenvalue weighted by Gasteiger charge is 2.54. The fourth-order valence-corrected chi connectivity index (χ4v) is 5.38. The Morgan fingerprint density at radius 2 is 1.55 bits per heavy atom. The van der Waals surface area contributed by atoms with Crippen molar-refractivity contribution in [3.05, 3.63) is 29.8 Å². The average Bonchev–Trinajstić information content (AvgIpc) is 2.46. The SMILES string of the molecule is Cl.NCc1ccc(NC(=O)C23CC4CC(CC(C4)C2)C3)cc1. The number of nitrogens with one attached hydrogen (secondary N) is 1. The van der Waals surface area contributed by atoms with Crippen LogP contribution in [0.3, 0.4) is 0 Å². The Labute approximate surface area is 138 Å². The van der Waals surface area contributed by atoms with Gasteiger partial charge in [-0.3, -0.25) is 4.79 Å². The minimum absolute atomic E-state index is 0. The second-order valence-corrected chi connectivity index (χ2v) is 7.55. The molecule has 3 nitrogen and oxygen atoms in total. The average molecular weight is 321 g/mol. The number of nitrogens with two attached hydrogens (primary N) is 1.